The Hall–Kier alpha value is -4.82. The third-order valence-electron chi connectivity index (χ3n) is 7.76. The molecule has 0 radical (unpaired) electrons. The number of hydrogen-bond donors (Lipinski definition) is 0. The van der Waals surface area contributed by atoms with E-state index in [-0.39, 0.29) is 0 Å². The summed E-state index contributed by atoms with van der Waals surface area (Å²) < 4.78 is 5.26. The number of rotatable bonds is 4. The lowest BCUT2D eigenvalue weighted by molar-refractivity contribution is 1.28. The fraction of sp³-hybridized carbons (Fsp3) is 0. The van der Waals surface area contributed by atoms with Crippen molar-refractivity contribution in [2.45, 2.75) is 0 Å². The summed E-state index contributed by atoms with van der Waals surface area (Å²) >= 11 is 5.53. The maximum absolute atomic E-state index is 4.72. The van der Waals surface area contributed by atoms with Gasteiger partial charge in [0.25, 0.3) is 0 Å². The van der Waals surface area contributed by atoms with Gasteiger partial charge in [-0.05, 0) is 95.7 Å². The highest BCUT2D eigenvalue weighted by molar-refractivity contribution is 7.27. The van der Waals surface area contributed by atoms with E-state index in [0.29, 0.717) is 0 Å². The first-order valence-electron chi connectivity index (χ1n) is 13.8. The highest BCUT2D eigenvalue weighted by Crippen LogP contribution is 2.44. The highest BCUT2D eigenvalue weighted by Gasteiger charge is 2.14. The molecule has 2 aromatic carbocycles. The number of hydrogen-bond acceptors (Lipinski definition) is 7. The molecule has 0 aliphatic rings. The van der Waals surface area contributed by atoms with Gasteiger partial charge in [0.15, 0.2) is 0 Å². The summed E-state index contributed by atoms with van der Waals surface area (Å²) in [5.41, 5.74) is 6.20. The van der Waals surface area contributed by atoms with Gasteiger partial charge in [0.05, 0.1) is 11.4 Å². The van der Waals surface area contributed by atoms with Crippen LogP contribution in [0.3, 0.4) is 0 Å². The predicted octanol–water partition coefficient (Wildman–Crippen LogP) is 10.7. The third-order valence-corrected chi connectivity index (χ3v) is 11.2. The first-order valence-corrected chi connectivity index (χ1v) is 16.3. The average Bonchev–Trinajstić information content (AvgIpc) is 3.78. The molecule has 0 unspecified atom stereocenters. The van der Waals surface area contributed by atoms with Crippen molar-refractivity contribution in [2.75, 3.05) is 0 Å². The van der Waals surface area contributed by atoms with E-state index in [1.165, 1.54) is 50.1 Å². The maximum atomic E-state index is 4.72. The molecule has 7 heteroatoms. The molecule has 0 saturated heterocycles. The number of thiophene rings is 3. The Labute approximate surface area is 258 Å². The van der Waals surface area contributed by atoms with E-state index < -0.39 is 0 Å². The monoisotopic (exact) mass is 604 g/mol. The number of nitrogens with zero attached hydrogens (tertiary/aromatic N) is 4. The second kappa shape index (κ2) is 9.88. The van der Waals surface area contributed by atoms with E-state index in [9.17, 15) is 0 Å². The summed E-state index contributed by atoms with van der Waals surface area (Å²) in [7, 11) is 0. The standard InChI is InChI=1S/C36H20N4S3/c1-3-21(17-37-9-1)29-7-5-23(19-39-29)31-13-25-11-27-28-12-26-14-32(24-6-8-30(40-20-24)22-4-2-10-38-18-22)42-34(26)16-36(28)43-35(27)15-33(25)41-31/h1-20H. The van der Waals surface area contributed by atoms with Gasteiger partial charge in [0, 0.05) is 98.8 Å². The lowest BCUT2D eigenvalue weighted by atomic mass is 10.1. The van der Waals surface area contributed by atoms with Crippen molar-refractivity contribution in [3.8, 4) is 43.4 Å². The zero-order chi connectivity index (χ0) is 28.3. The molecule has 9 rings (SSSR count). The van der Waals surface area contributed by atoms with Crippen LogP contribution in [-0.2, 0) is 0 Å². The van der Waals surface area contributed by atoms with Crippen LogP contribution < -0.4 is 0 Å². The van der Waals surface area contributed by atoms with E-state index in [0.717, 1.165) is 33.6 Å². The van der Waals surface area contributed by atoms with Gasteiger partial charge in [0.2, 0.25) is 0 Å². The summed E-state index contributed by atoms with van der Waals surface area (Å²) in [6, 6.07) is 30.5. The van der Waals surface area contributed by atoms with Crippen LogP contribution in [0.4, 0.5) is 0 Å². The lowest BCUT2D eigenvalue weighted by Crippen LogP contribution is -1.84. The minimum Gasteiger partial charge on any atom is -0.264 e. The van der Waals surface area contributed by atoms with Gasteiger partial charge in [-0.1, -0.05) is 0 Å². The van der Waals surface area contributed by atoms with Crippen LogP contribution in [-0.4, -0.2) is 19.9 Å². The quantitative estimate of drug-likeness (QED) is 0.201. The number of aromatic nitrogens is 4. The van der Waals surface area contributed by atoms with Crippen molar-refractivity contribution in [2.24, 2.45) is 0 Å². The van der Waals surface area contributed by atoms with Crippen LogP contribution in [0.2, 0.25) is 0 Å². The molecule has 43 heavy (non-hydrogen) atoms. The number of fused-ring (bicyclic) bond motifs is 5. The Morgan fingerprint density at radius 2 is 0.930 bits per heavy atom. The molecule has 0 spiro atoms. The molecule has 7 aromatic heterocycles. The average molecular weight is 605 g/mol. The summed E-state index contributed by atoms with van der Waals surface area (Å²) in [4.78, 5) is 20.3. The Morgan fingerprint density at radius 3 is 1.35 bits per heavy atom. The Morgan fingerprint density at radius 1 is 0.419 bits per heavy atom. The van der Waals surface area contributed by atoms with Crippen molar-refractivity contribution < 1.29 is 0 Å². The molecule has 9 aromatic rings. The maximum Gasteiger partial charge on any atom is 0.0717 e. The van der Waals surface area contributed by atoms with Crippen LogP contribution in [0, 0.1) is 0 Å². The smallest absolute Gasteiger partial charge is 0.0717 e. The summed E-state index contributed by atoms with van der Waals surface area (Å²) in [6.07, 6.45) is 11.2. The highest BCUT2D eigenvalue weighted by atomic mass is 32.1. The Kier molecular flexibility index (Phi) is 5.69. The Bertz CT molecular complexity index is 2250. The zero-order valence-electron chi connectivity index (χ0n) is 22.6. The molecular formula is C36H20N4S3. The van der Waals surface area contributed by atoms with Gasteiger partial charge in [0.1, 0.15) is 0 Å². The van der Waals surface area contributed by atoms with Crippen LogP contribution in [0.15, 0.2) is 122 Å². The molecule has 202 valence electrons. The minimum absolute atomic E-state index is 0.936. The second-order valence-electron chi connectivity index (χ2n) is 10.4. The molecule has 0 atom stereocenters. The molecule has 0 fully saturated rings. The van der Waals surface area contributed by atoms with E-state index in [2.05, 4.69) is 70.6 Å². The van der Waals surface area contributed by atoms with Crippen molar-refractivity contribution in [1.29, 1.82) is 0 Å². The van der Waals surface area contributed by atoms with E-state index in [1.54, 1.807) is 12.4 Å². The largest absolute Gasteiger partial charge is 0.264 e. The first kappa shape index (κ1) is 24.7. The molecule has 0 saturated carbocycles. The molecule has 0 aliphatic carbocycles. The molecular weight excluding hydrogens is 585 g/mol. The fourth-order valence-electron chi connectivity index (χ4n) is 5.58. The van der Waals surface area contributed by atoms with E-state index in [4.69, 9.17) is 9.97 Å². The van der Waals surface area contributed by atoms with Gasteiger partial charge in [-0.25, -0.2) is 0 Å². The summed E-state index contributed by atoms with van der Waals surface area (Å²) in [6.45, 7) is 0. The molecule has 0 amide bonds. The topological polar surface area (TPSA) is 51.6 Å². The predicted molar refractivity (Wildman–Crippen MR) is 183 cm³/mol. The van der Waals surface area contributed by atoms with Crippen molar-refractivity contribution >= 4 is 74.4 Å². The molecule has 0 N–H and O–H groups in total. The SMILES string of the molecule is c1cncc(-c2ccc(-c3cc4cc5c(cc4s3)sc3cc4sc(-c6ccc(-c7cccnc7)nc6)cc4cc35)cn2)c1. The van der Waals surface area contributed by atoms with Crippen molar-refractivity contribution in [3.05, 3.63) is 122 Å². The van der Waals surface area contributed by atoms with Crippen LogP contribution in [0.1, 0.15) is 0 Å². The van der Waals surface area contributed by atoms with Crippen molar-refractivity contribution in [3.63, 3.8) is 0 Å². The molecule has 4 nitrogen and oxygen atoms in total. The Balaban J connectivity index is 1.07. The first-order chi connectivity index (χ1) is 21.2. The van der Waals surface area contributed by atoms with E-state index in [1.807, 2.05) is 83.1 Å². The van der Waals surface area contributed by atoms with Crippen LogP contribution in [0.25, 0.3) is 83.7 Å². The van der Waals surface area contributed by atoms with Gasteiger partial charge in [-0.2, -0.15) is 0 Å². The zero-order valence-corrected chi connectivity index (χ0v) is 25.0. The van der Waals surface area contributed by atoms with Gasteiger partial charge in [-0.15, -0.1) is 34.0 Å². The molecule has 0 bridgehead atoms. The van der Waals surface area contributed by atoms with Crippen LogP contribution in [0.5, 0.6) is 0 Å². The lowest BCUT2D eigenvalue weighted by Gasteiger charge is -2.01. The van der Waals surface area contributed by atoms with Gasteiger partial charge >= 0.3 is 0 Å². The molecule has 0 aliphatic heterocycles. The molecule has 7 heterocycles. The van der Waals surface area contributed by atoms with Crippen molar-refractivity contribution in [1.82, 2.24) is 19.9 Å². The van der Waals surface area contributed by atoms with Gasteiger partial charge < -0.3 is 0 Å². The normalized spacial score (nSPS) is 11.7. The fourth-order valence-corrected chi connectivity index (χ4v) is 9.02. The van der Waals surface area contributed by atoms with E-state index >= 15 is 0 Å². The third kappa shape index (κ3) is 4.32. The van der Waals surface area contributed by atoms with Gasteiger partial charge in [-0.3, -0.25) is 19.9 Å². The summed E-state index contributed by atoms with van der Waals surface area (Å²) in [5, 5.41) is 5.18. The minimum atomic E-state index is 0.936. The number of benzene rings is 2. The summed E-state index contributed by atoms with van der Waals surface area (Å²) in [5.74, 6) is 0. The second-order valence-corrected chi connectivity index (χ2v) is 13.7. The number of pyridine rings is 4. The van der Waals surface area contributed by atoms with Crippen LogP contribution >= 0.6 is 34.0 Å².